The molecule has 2 N–H and O–H groups in total. The Morgan fingerprint density at radius 1 is 1.45 bits per heavy atom. The first-order valence-corrected chi connectivity index (χ1v) is 7.19. The van der Waals surface area contributed by atoms with Crippen molar-refractivity contribution in [1.82, 2.24) is 9.99 Å². The first-order valence-electron chi connectivity index (χ1n) is 5.61. The Bertz CT molecular complexity index is 680. The summed E-state index contributed by atoms with van der Waals surface area (Å²) in [7, 11) is 1.90. The molecule has 0 aliphatic heterocycles. The Hall–Kier alpha value is -1.60. The second-order valence-electron chi connectivity index (χ2n) is 4.09. The molecule has 0 fully saturated rings. The van der Waals surface area contributed by atoms with Gasteiger partial charge in [-0.05, 0) is 34.1 Å². The molecule has 1 aromatic heterocycles. The number of rotatable bonds is 3. The van der Waals surface area contributed by atoms with Gasteiger partial charge in [-0.2, -0.15) is 5.10 Å². The van der Waals surface area contributed by atoms with Gasteiger partial charge in [0.15, 0.2) is 0 Å². The van der Waals surface area contributed by atoms with Gasteiger partial charge >= 0.3 is 0 Å². The minimum Gasteiger partial charge on any atom is -0.506 e. The smallest absolute Gasteiger partial charge is 0.275 e. The lowest BCUT2D eigenvalue weighted by Gasteiger charge is -2.05. The number of phenolic OH excluding ortho intramolecular Hbond substituents is 1. The molecule has 104 valence electrons. The maximum absolute atomic E-state index is 11.9. The fourth-order valence-corrected chi connectivity index (χ4v) is 2.79. The van der Waals surface area contributed by atoms with Crippen molar-refractivity contribution in [1.29, 1.82) is 0 Å². The van der Waals surface area contributed by atoms with E-state index in [0.29, 0.717) is 8.95 Å². The molecular weight excluding hydrogens is 390 g/mol. The number of carbonyl (C=O) groups excluding carboxylic acids is 1. The van der Waals surface area contributed by atoms with E-state index in [-0.39, 0.29) is 11.3 Å². The van der Waals surface area contributed by atoms with Crippen LogP contribution in [0.1, 0.15) is 15.9 Å². The van der Waals surface area contributed by atoms with E-state index in [1.165, 1.54) is 12.3 Å². The molecule has 1 aromatic carbocycles. The molecule has 2 rings (SSSR count). The third-order valence-corrected chi connectivity index (χ3v) is 3.57. The maximum Gasteiger partial charge on any atom is 0.275 e. The van der Waals surface area contributed by atoms with Crippen molar-refractivity contribution < 1.29 is 9.90 Å². The highest BCUT2D eigenvalue weighted by Gasteiger charge is 2.14. The Morgan fingerprint density at radius 3 is 2.85 bits per heavy atom. The van der Waals surface area contributed by atoms with Crippen molar-refractivity contribution in [3.05, 3.63) is 50.7 Å². The summed E-state index contributed by atoms with van der Waals surface area (Å²) in [6, 6.07) is 5.04. The van der Waals surface area contributed by atoms with Crippen LogP contribution in [0.3, 0.4) is 0 Å². The fourth-order valence-electron chi connectivity index (χ4n) is 1.57. The number of aromatic nitrogens is 1. The summed E-state index contributed by atoms with van der Waals surface area (Å²) >= 11 is 6.43. The van der Waals surface area contributed by atoms with Crippen LogP contribution in [0.4, 0.5) is 0 Å². The third kappa shape index (κ3) is 3.49. The highest BCUT2D eigenvalue weighted by atomic mass is 79.9. The third-order valence-electron chi connectivity index (χ3n) is 2.51. The van der Waals surface area contributed by atoms with Gasteiger partial charge in [0.1, 0.15) is 5.75 Å². The second-order valence-corrected chi connectivity index (χ2v) is 5.86. The molecule has 5 nitrogen and oxygen atoms in total. The zero-order valence-electron chi connectivity index (χ0n) is 10.5. The summed E-state index contributed by atoms with van der Waals surface area (Å²) in [4.78, 5) is 11.9. The number of benzene rings is 1. The van der Waals surface area contributed by atoms with Crippen molar-refractivity contribution in [2.45, 2.75) is 0 Å². The Kier molecular flexibility index (Phi) is 4.61. The van der Waals surface area contributed by atoms with Crippen molar-refractivity contribution in [3.8, 4) is 5.75 Å². The summed E-state index contributed by atoms with van der Waals surface area (Å²) in [5.74, 6) is -0.614. The van der Waals surface area contributed by atoms with Gasteiger partial charge in [-0.25, -0.2) is 5.43 Å². The first-order chi connectivity index (χ1) is 9.47. The number of phenols is 1. The van der Waals surface area contributed by atoms with Gasteiger partial charge in [-0.15, -0.1) is 0 Å². The number of hydrazone groups is 1. The molecule has 0 radical (unpaired) electrons. The number of halogens is 2. The molecule has 2 aromatic rings. The molecule has 0 spiro atoms. The number of hydrogen-bond acceptors (Lipinski definition) is 3. The summed E-state index contributed by atoms with van der Waals surface area (Å²) in [6.07, 6.45) is 5.27. The van der Waals surface area contributed by atoms with E-state index in [0.717, 1.165) is 5.56 Å². The van der Waals surface area contributed by atoms with Crippen molar-refractivity contribution >= 4 is 44.0 Å². The minimum atomic E-state index is -0.489. The van der Waals surface area contributed by atoms with Crippen molar-refractivity contribution in [2.24, 2.45) is 12.1 Å². The highest BCUT2D eigenvalue weighted by Crippen LogP contribution is 2.31. The highest BCUT2D eigenvalue weighted by molar-refractivity contribution is 9.11. The lowest BCUT2D eigenvalue weighted by atomic mass is 10.2. The Balaban J connectivity index is 2.11. The number of hydrogen-bond donors (Lipinski definition) is 2. The minimum absolute atomic E-state index is 0.124. The molecule has 0 aliphatic rings. The van der Waals surface area contributed by atoms with E-state index in [1.807, 2.05) is 30.1 Å². The SMILES string of the molecule is Cn1ccc(/C=N\NC(=O)c2cc(Br)cc(Br)c2O)c1. The zero-order chi connectivity index (χ0) is 14.7. The molecule has 0 atom stereocenters. The molecule has 20 heavy (non-hydrogen) atoms. The number of amides is 1. The van der Waals surface area contributed by atoms with Crippen molar-refractivity contribution in [2.75, 3.05) is 0 Å². The lowest BCUT2D eigenvalue weighted by molar-refractivity contribution is 0.0952. The fraction of sp³-hybridized carbons (Fsp3) is 0.0769. The molecule has 0 aliphatic carbocycles. The molecule has 1 heterocycles. The summed E-state index contributed by atoms with van der Waals surface area (Å²) in [6.45, 7) is 0. The van der Waals surface area contributed by atoms with Crippen LogP contribution in [0.2, 0.25) is 0 Å². The van der Waals surface area contributed by atoms with Crippen LogP contribution >= 0.6 is 31.9 Å². The molecule has 1 amide bonds. The van der Waals surface area contributed by atoms with E-state index in [2.05, 4.69) is 42.4 Å². The standard InChI is InChI=1S/C13H11Br2N3O2/c1-18-3-2-8(7-18)6-16-17-13(20)10-4-9(14)5-11(15)12(10)19/h2-7,19H,1H3,(H,17,20)/b16-6-. The molecule has 0 saturated carbocycles. The van der Waals surface area contributed by atoms with Crippen LogP contribution in [0, 0.1) is 0 Å². The Morgan fingerprint density at radius 2 is 2.20 bits per heavy atom. The normalized spacial score (nSPS) is 10.9. The number of nitrogens with one attached hydrogen (secondary N) is 1. The second kappa shape index (κ2) is 6.23. The Labute approximate surface area is 132 Å². The quantitative estimate of drug-likeness (QED) is 0.614. The van der Waals surface area contributed by atoms with Gasteiger partial charge in [0.05, 0.1) is 16.3 Å². The van der Waals surface area contributed by atoms with Gasteiger partial charge < -0.3 is 9.67 Å². The average Bonchev–Trinajstić information content (AvgIpc) is 2.79. The summed E-state index contributed by atoms with van der Waals surface area (Å²) in [5, 5.41) is 13.7. The predicted molar refractivity (Wildman–Crippen MR) is 84.0 cm³/mol. The molecular formula is C13H11Br2N3O2. The van der Waals surface area contributed by atoms with Gasteiger partial charge in [-0.3, -0.25) is 4.79 Å². The maximum atomic E-state index is 11.9. The van der Waals surface area contributed by atoms with E-state index in [9.17, 15) is 9.90 Å². The predicted octanol–water partition coefficient (Wildman–Crippen LogP) is 3.02. The van der Waals surface area contributed by atoms with Gasteiger partial charge in [0.25, 0.3) is 5.91 Å². The monoisotopic (exact) mass is 399 g/mol. The molecule has 0 unspecified atom stereocenters. The molecule has 0 saturated heterocycles. The van der Waals surface area contributed by atoms with Gasteiger partial charge in [-0.1, -0.05) is 15.9 Å². The van der Waals surface area contributed by atoms with Crippen molar-refractivity contribution in [3.63, 3.8) is 0 Å². The van der Waals surface area contributed by atoms with Crippen LogP contribution in [-0.2, 0) is 7.05 Å². The van der Waals surface area contributed by atoms with Crippen LogP contribution in [-0.4, -0.2) is 21.8 Å². The van der Waals surface area contributed by atoms with E-state index < -0.39 is 5.91 Å². The number of nitrogens with zero attached hydrogens (tertiary/aromatic N) is 2. The van der Waals surface area contributed by atoms with Crippen LogP contribution in [0.5, 0.6) is 5.75 Å². The van der Waals surface area contributed by atoms with Gasteiger partial charge in [0.2, 0.25) is 0 Å². The number of aromatic hydroxyl groups is 1. The number of carbonyl (C=O) groups is 1. The average molecular weight is 401 g/mol. The van der Waals surface area contributed by atoms with Crippen LogP contribution in [0.15, 0.2) is 44.6 Å². The van der Waals surface area contributed by atoms with E-state index >= 15 is 0 Å². The van der Waals surface area contributed by atoms with Gasteiger partial charge in [0, 0.05) is 29.5 Å². The van der Waals surface area contributed by atoms with Crippen LogP contribution in [0.25, 0.3) is 0 Å². The topological polar surface area (TPSA) is 66.6 Å². The molecule has 7 heteroatoms. The van der Waals surface area contributed by atoms with Crippen LogP contribution < -0.4 is 5.43 Å². The van der Waals surface area contributed by atoms with E-state index in [1.54, 1.807) is 6.07 Å². The number of aryl methyl sites for hydroxylation is 1. The lowest BCUT2D eigenvalue weighted by Crippen LogP contribution is -2.17. The zero-order valence-corrected chi connectivity index (χ0v) is 13.6. The molecule has 0 bridgehead atoms. The largest absolute Gasteiger partial charge is 0.506 e. The summed E-state index contributed by atoms with van der Waals surface area (Å²) < 4.78 is 2.99. The first kappa shape index (κ1) is 14.8. The van der Waals surface area contributed by atoms with E-state index in [4.69, 9.17) is 0 Å². The summed E-state index contributed by atoms with van der Waals surface area (Å²) in [5.41, 5.74) is 3.38.